The lowest BCUT2D eigenvalue weighted by molar-refractivity contribution is 0.411. The van der Waals surface area contributed by atoms with Gasteiger partial charge in [0, 0.05) is 5.38 Å². The summed E-state index contributed by atoms with van der Waals surface area (Å²) in [5.74, 6) is 0. The Kier molecular flexibility index (Phi) is 2.07. The molecule has 2 nitrogen and oxygen atoms in total. The fourth-order valence-corrected chi connectivity index (χ4v) is 1.59. The molecule has 0 saturated heterocycles. The van der Waals surface area contributed by atoms with E-state index in [0.29, 0.717) is 0 Å². The van der Waals surface area contributed by atoms with Gasteiger partial charge in [0.2, 0.25) is 0 Å². The zero-order chi connectivity index (χ0) is 5.98. The molecular formula is C4H4INOS. The maximum absolute atomic E-state index is 4.84. The van der Waals surface area contributed by atoms with E-state index >= 15 is 0 Å². The highest BCUT2D eigenvalue weighted by Crippen LogP contribution is 2.17. The molecule has 1 aromatic heterocycles. The third kappa shape index (κ3) is 1.32. The van der Waals surface area contributed by atoms with Gasteiger partial charge in [-0.2, -0.15) is 4.98 Å². The maximum atomic E-state index is 4.84. The molecule has 0 amide bonds. The van der Waals surface area contributed by atoms with Crippen LogP contribution in [0.25, 0.3) is 0 Å². The van der Waals surface area contributed by atoms with Gasteiger partial charge in [-0.3, -0.25) is 0 Å². The molecule has 8 heavy (non-hydrogen) atoms. The topological polar surface area (TPSA) is 22.1 Å². The minimum atomic E-state index is 0.731. The van der Waals surface area contributed by atoms with Gasteiger partial charge in [0.15, 0.2) is 0 Å². The average molecular weight is 241 g/mol. The third-order valence-corrected chi connectivity index (χ3v) is 2.41. The Morgan fingerprint density at radius 3 is 2.88 bits per heavy atom. The van der Waals surface area contributed by atoms with Gasteiger partial charge < -0.3 is 4.74 Å². The van der Waals surface area contributed by atoms with Crippen molar-refractivity contribution < 1.29 is 4.74 Å². The van der Waals surface area contributed by atoms with E-state index in [4.69, 9.17) is 4.74 Å². The van der Waals surface area contributed by atoms with Crippen molar-refractivity contribution in [3.8, 4) is 5.19 Å². The van der Waals surface area contributed by atoms with Crippen LogP contribution in [0.2, 0.25) is 0 Å². The molecule has 0 aliphatic rings. The van der Waals surface area contributed by atoms with E-state index < -0.39 is 0 Å². The van der Waals surface area contributed by atoms with Gasteiger partial charge in [-0.25, -0.2) is 0 Å². The molecule has 0 aromatic carbocycles. The average Bonchev–Trinajstić information content (AvgIpc) is 2.14. The lowest BCUT2D eigenvalue weighted by atomic mass is 11.0. The number of halogens is 1. The van der Waals surface area contributed by atoms with Crippen LogP contribution in [0, 0.1) is 3.70 Å². The van der Waals surface area contributed by atoms with Crippen molar-refractivity contribution in [1.29, 1.82) is 0 Å². The molecule has 1 aromatic rings. The number of thiazole rings is 1. The lowest BCUT2D eigenvalue weighted by Gasteiger charge is -1.85. The first kappa shape index (κ1) is 6.28. The summed E-state index contributed by atoms with van der Waals surface area (Å²) in [5, 5.41) is 2.67. The summed E-state index contributed by atoms with van der Waals surface area (Å²) in [6.07, 6.45) is 0. The number of aromatic nitrogens is 1. The SMILES string of the molecule is COc1nc(I)cs1. The van der Waals surface area contributed by atoms with Crippen LogP contribution < -0.4 is 4.74 Å². The Labute approximate surface area is 65.0 Å². The third-order valence-electron chi connectivity index (χ3n) is 0.630. The van der Waals surface area contributed by atoms with E-state index in [9.17, 15) is 0 Å². The van der Waals surface area contributed by atoms with Gasteiger partial charge in [0.1, 0.15) is 3.70 Å². The Morgan fingerprint density at radius 1 is 1.88 bits per heavy atom. The van der Waals surface area contributed by atoms with Crippen LogP contribution in [0.1, 0.15) is 0 Å². The second-order valence-corrected chi connectivity index (χ2v) is 3.07. The number of hydrogen-bond donors (Lipinski definition) is 0. The minimum absolute atomic E-state index is 0.731. The zero-order valence-electron chi connectivity index (χ0n) is 4.22. The van der Waals surface area contributed by atoms with Gasteiger partial charge >= 0.3 is 0 Å². The van der Waals surface area contributed by atoms with Crippen LogP contribution in [0.5, 0.6) is 5.19 Å². The first-order valence-corrected chi connectivity index (χ1v) is 3.94. The predicted molar refractivity (Wildman–Crippen MR) is 41.4 cm³/mol. The summed E-state index contributed by atoms with van der Waals surface area (Å²) >= 11 is 3.65. The first-order chi connectivity index (χ1) is 3.83. The second kappa shape index (κ2) is 2.63. The molecule has 0 aliphatic heterocycles. The molecule has 0 spiro atoms. The van der Waals surface area contributed by atoms with Crippen molar-refractivity contribution in [1.82, 2.24) is 4.98 Å². The summed E-state index contributed by atoms with van der Waals surface area (Å²) in [4.78, 5) is 4.01. The molecular weight excluding hydrogens is 237 g/mol. The van der Waals surface area contributed by atoms with Crippen molar-refractivity contribution in [2.24, 2.45) is 0 Å². The Balaban J connectivity index is 2.84. The number of ether oxygens (including phenoxy) is 1. The van der Waals surface area contributed by atoms with Crippen molar-refractivity contribution in [2.75, 3.05) is 7.11 Å². The molecule has 0 N–H and O–H groups in total. The molecule has 4 heteroatoms. The van der Waals surface area contributed by atoms with Crippen LogP contribution in [-0.4, -0.2) is 12.1 Å². The van der Waals surface area contributed by atoms with Gasteiger partial charge in [0.05, 0.1) is 7.11 Å². The smallest absolute Gasteiger partial charge is 0.273 e. The van der Waals surface area contributed by atoms with E-state index in [1.807, 2.05) is 5.38 Å². The number of methoxy groups -OCH3 is 1. The maximum Gasteiger partial charge on any atom is 0.273 e. The summed E-state index contributed by atoms with van der Waals surface area (Å²) in [5.41, 5.74) is 0. The van der Waals surface area contributed by atoms with Crippen molar-refractivity contribution in [3.05, 3.63) is 9.08 Å². The monoisotopic (exact) mass is 241 g/mol. The van der Waals surface area contributed by atoms with Crippen LogP contribution in [0.4, 0.5) is 0 Å². The summed E-state index contributed by atoms with van der Waals surface area (Å²) < 4.78 is 5.83. The zero-order valence-corrected chi connectivity index (χ0v) is 7.19. The van der Waals surface area contributed by atoms with E-state index in [2.05, 4.69) is 27.6 Å². The van der Waals surface area contributed by atoms with Crippen molar-refractivity contribution in [2.45, 2.75) is 0 Å². The molecule has 1 rings (SSSR count). The lowest BCUT2D eigenvalue weighted by Crippen LogP contribution is -1.78. The first-order valence-electron chi connectivity index (χ1n) is 1.98. The molecule has 0 saturated carbocycles. The Hall–Kier alpha value is 0.160. The Bertz CT molecular complexity index is 176. The summed E-state index contributed by atoms with van der Waals surface area (Å²) in [6.45, 7) is 0. The standard InChI is InChI=1S/C4H4INOS/c1-7-4-6-3(5)2-8-4/h2H,1H3. The fourth-order valence-electron chi connectivity index (χ4n) is 0.333. The fraction of sp³-hybridized carbons (Fsp3) is 0.250. The van der Waals surface area contributed by atoms with Crippen molar-refractivity contribution in [3.63, 3.8) is 0 Å². The highest BCUT2D eigenvalue weighted by Gasteiger charge is 1.94. The van der Waals surface area contributed by atoms with Crippen LogP contribution >= 0.6 is 33.9 Å². The molecule has 0 unspecified atom stereocenters. The van der Waals surface area contributed by atoms with E-state index in [1.54, 1.807) is 7.11 Å². The Morgan fingerprint density at radius 2 is 2.62 bits per heavy atom. The molecule has 0 radical (unpaired) electrons. The number of nitrogens with zero attached hydrogens (tertiary/aromatic N) is 1. The van der Waals surface area contributed by atoms with Gasteiger partial charge in [-0.1, -0.05) is 11.3 Å². The van der Waals surface area contributed by atoms with Crippen LogP contribution in [-0.2, 0) is 0 Å². The quantitative estimate of drug-likeness (QED) is 0.699. The van der Waals surface area contributed by atoms with Crippen LogP contribution in [0.3, 0.4) is 0 Å². The van der Waals surface area contributed by atoms with Crippen LogP contribution in [0.15, 0.2) is 5.38 Å². The van der Waals surface area contributed by atoms with Gasteiger partial charge in [-0.15, -0.1) is 0 Å². The predicted octanol–water partition coefficient (Wildman–Crippen LogP) is 1.76. The summed E-state index contributed by atoms with van der Waals surface area (Å²) in [6, 6.07) is 0. The molecule has 44 valence electrons. The normalized spacial score (nSPS) is 9.25. The second-order valence-electron chi connectivity index (χ2n) is 1.14. The van der Waals surface area contributed by atoms with Gasteiger partial charge in [-0.05, 0) is 22.6 Å². The van der Waals surface area contributed by atoms with Gasteiger partial charge in [0.25, 0.3) is 5.19 Å². The number of hydrogen-bond acceptors (Lipinski definition) is 3. The highest BCUT2D eigenvalue weighted by molar-refractivity contribution is 14.1. The number of rotatable bonds is 1. The van der Waals surface area contributed by atoms with E-state index in [0.717, 1.165) is 8.89 Å². The molecule has 0 atom stereocenters. The van der Waals surface area contributed by atoms with E-state index in [-0.39, 0.29) is 0 Å². The largest absolute Gasteiger partial charge is 0.473 e. The molecule has 0 aliphatic carbocycles. The molecule has 0 bridgehead atoms. The highest BCUT2D eigenvalue weighted by atomic mass is 127. The molecule has 1 heterocycles. The molecule has 0 fully saturated rings. The summed E-state index contributed by atoms with van der Waals surface area (Å²) in [7, 11) is 1.62. The van der Waals surface area contributed by atoms with E-state index in [1.165, 1.54) is 11.3 Å². The van der Waals surface area contributed by atoms with Crippen molar-refractivity contribution >= 4 is 33.9 Å². The minimum Gasteiger partial charge on any atom is -0.473 e.